The van der Waals surface area contributed by atoms with Gasteiger partial charge in [-0.1, -0.05) is 13.3 Å². The summed E-state index contributed by atoms with van der Waals surface area (Å²) in [6.07, 6.45) is 5.20. The summed E-state index contributed by atoms with van der Waals surface area (Å²) in [7, 11) is 1.08. The Hall–Kier alpha value is -1.17. The zero-order valence-corrected chi connectivity index (χ0v) is 11.4. The molecule has 2 N–H and O–H groups in total. The maximum atomic E-state index is 11.0. The number of rotatable bonds is 7. The Morgan fingerprint density at radius 2 is 2.06 bits per heavy atom. The lowest BCUT2D eigenvalue weighted by molar-refractivity contribution is 0.687. The van der Waals surface area contributed by atoms with E-state index in [0.29, 0.717) is 12.3 Å². The summed E-state index contributed by atoms with van der Waals surface area (Å²) in [5.41, 5.74) is 1.10. The van der Waals surface area contributed by atoms with Gasteiger partial charge in [-0.2, -0.15) is 0 Å². The molecule has 17 heavy (non-hydrogen) atoms. The molecule has 1 aromatic rings. The summed E-state index contributed by atoms with van der Waals surface area (Å²) in [4.78, 5) is 8.44. The van der Waals surface area contributed by atoms with Crippen molar-refractivity contribution in [1.82, 2.24) is 9.97 Å². The highest BCUT2D eigenvalue weighted by atomic mass is 32.2. The molecule has 0 aliphatic rings. The Bertz CT molecular complexity index is 384. The van der Waals surface area contributed by atoms with Gasteiger partial charge >= 0.3 is 0 Å². The third-order valence-corrected chi connectivity index (χ3v) is 3.14. The van der Waals surface area contributed by atoms with Crippen molar-refractivity contribution in [3.8, 4) is 0 Å². The lowest BCUT2D eigenvalue weighted by Crippen LogP contribution is -2.13. The van der Waals surface area contributed by atoms with Crippen LogP contribution in [0.5, 0.6) is 0 Å². The first kappa shape index (κ1) is 13.9. The SMILES string of the molecule is CCCc1c(NC)ncnc1NCCS(C)=O. The van der Waals surface area contributed by atoms with Crippen LogP contribution in [-0.4, -0.2) is 39.8 Å². The molecule has 0 saturated carbocycles. The predicted octanol–water partition coefficient (Wildman–Crippen LogP) is 1.26. The number of hydrogen-bond donors (Lipinski definition) is 2. The molecule has 0 aliphatic heterocycles. The quantitative estimate of drug-likeness (QED) is 0.769. The van der Waals surface area contributed by atoms with Gasteiger partial charge in [-0.05, 0) is 6.42 Å². The van der Waals surface area contributed by atoms with Gasteiger partial charge in [-0.3, -0.25) is 4.21 Å². The summed E-state index contributed by atoms with van der Waals surface area (Å²) in [5.74, 6) is 2.34. The van der Waals surface area contributed by atoms with E-state index in [0.717, 1.165) is 30.0 Å². The highest BCUT2D eigenvalue weighted by Crippen LogP contribution is 2.20. The van der Waals surface area contributed by atoms with Crippen LogP contribution in [0.3, 0.4) is 0 Å². The molecule has 0 bridgehead atoms. The molecule has 0 aliphatic carbocycles. The molecule has 1 unspecified atom stereocenters. The summed E-state index contributed by atoms with van der Waals surface area (Å²) in [6, 6.07) is 0. The molecule has 0 radical (unpaired) electrons. The predicted molar refractivity (Wildman–Crippen MR) is 73.0 cm³/mol. The maximum Gasteiger partial charge on any atom is 0.134 e. The minimum atomic E-state index is -0.778. The van der Waals surface area contributed by atoms with Gasteiger partial charge in [0.2, 0.25) is 0 Å². The highest BCUT2D eigenvalue weighted by Gasteiger charge is 2.09. The van der Waals surface area contributed by atoms with E-state index in [-0.39, 0.29) is 0 Å². The fourth-order valence-corrected chi connectivity index (χ4v) is 1.97. The number of aromatic nitrogens is 2. The number of hydrogen-bond acceptors (Lipinski definition) is 5. The minimum absolute atomic E-state index is 0.629. The van der Waals surface area contributed by atoms with E-state index in [2.05, 4.69) is 27.5 Å². The molecule has 0 amide bonds. The van der Waals surface area contributed by atoms with Gasteiger partial charge in [0, 0.05) is 42.0 Å². The van der Waals surface area contributed by atoms with E-state index in [1.165, 1.54) is 6.33 Å². The molecule has 0 saturated heterocycles. The lowest BCUT2D eigenvalue weighted by atomic mass is 10.1. The monoisotopic (exact) mass is 256 g/mol. The van der Waals surface area contributed by atoms with Crippen LogP contribution in [0.2, 0.25) is 0 Å². The zero-order valence-electron chi connectivity index (χ0n) is 10.6. The van der Waals surface area contributed by atoms with Crippen molar-refractivity contribution < 1.29 is 4.21 Å². The van der Waals surface area contributed by atoms with E-state index < -0.39 is 10.8 Å². The molecule has 1 rings (SSSR count). The molecule has 1 atom stereocenters. The van der Waals surface area contributed by atoms with Gasteiger partial charge in [0.25, 0.3) is 0 Å². The van der Waals surface area contributed by atoms with E-state index >= 15 is 0 Å². The smallest absolute Gasteiger partial charge is 0.134 e. The molecular weight excluding hydrogens is 236 g/mol. The molecule has 6 heteroatoms. The average molecular weight is 256 g/mol. The second kappa shape index (κ2) is 7.21. The number of anilines is 2. The van der Waals surface area contributed by atoms with E-state index in [1.54, 1.807) is 6.26 Å². The largest absolute Gasteiger partial charge is 0.373 e. The Morgan fingerprint density at radius 1 is 1.35 bits per heavy atom. The van der Waals surface area contributed by atoms with Gasteiger partial charge in [0.15, 0.2) is 0 Å². The molecular formula is C11H20N4OS. The van der Waals surface area contributed by atoms with Crippen LogP contribution in [0.1, 0.15) is 18.9 Å². The molecule has 5 nitrogen and oxygen atoms in total. The van der Waals surface area contributed by atoms with Crippen molar-refractivity contribution in [3.05, 3.63) is 11.9 Å². The molecule has 1 aromatic heterocycles. The van der Waals surface area contributed by atoms with Gasteiger partial charge in [-0.15, -0.1) is 0 Å². The summed E-state index contributed by atoms with van der Waals surface area (Å²) < 4.78 is 11.0. The van der Waals surface area contributed by atoms with Crippen LogP contribution in [0, 0.1) is 0 Å². The molecule has 0 fully saturated rings. The van der Waals surface area contributed by atoms with Gasteiger partial charge in [-0.25, -0.2) is 9.97 Å². The van der Waals surface area contributed by atoms with Crippen molar-refractivity contribution >= 4 is 22.4 Å². The lowest BCUT2D eigenvalue weighted by Gasteiger charge is -2.13. The van der Waals surface area contributed by atoms with Gasteiger partial charge < -0.3 is 10.6 Å². The summed E-state index contributed by atoms with van der Waals surface area (Å²) >= 11 is 0. The Morgan fingerprint density at radius 3 is 2.65 bits per heavy atom. The second-order valence-electron chi connectivity index (χ2n) is 3.75. The van der Waals surface area contributed by atoms with Crippen LogP contribution in [0.25, 0.3) is 0 Å². The average Bonchev–Trinajstić information content (AvgIpc) is 2.30. The van der Waals surface area contributed by atoms with Crippen LogP contribution in [0.15, 0.2) is 6.33 Å². The van der Waals surface area contributed by atoms with Crippen molar-refractivity contribution in [2.45, 2.75) is 19.8 Å². The standard InChI is InChI=1S/C11H20N4OS/c1-4-5-9-10(12-2)14-8-15-11(9)13-6-7-17(3)16/h8H,4-7H2,1-3H3,(H2,12,13,14,15). The van der Waals surface area contributed by atoms with Crippen molar-refractivity contribution in [2.75, 3.05) is 36.2 Å². The second-order valence-corrected chi connectivity index (χ2v) is 5.31. The summed E-state index contributed by atoms with van der Waals surface area (Å²) in [6.45, 7) is 2.79. The minimum Gasteiger partial charge on any atom is -0.373 e. The maximum absolute atomic E-state index is 11.0. The number of nitrogens with zero attached hydrogens (tertiary/aromatic N) is 2. The van der Waals surface area contributed by atoms with Crippen molar-refractivity contribution in [1.29, 1.82) is 0 Å². The van der Waals surface area contributed by atoms with Crippen LogP contribution in [0.4, 0.5) is 11.6 Å². The zero-order chi connectivity index (χ0) is 12.7. The van der Waals surface area contributed by atoms with Crippen LogP contribution >= 0.6 is 0 Å². The van der Waals surface area contributed by atoms with Gasteiger partial charge in [0.05, 0.1) is 0 Å². The Labute approximate surface area is 105 Å². The van der Waals surface area contributed by atoms with E-state index in [1.807, 2.05) is 7.05 Å². The third kappa shape index (κ3) is 4.30. The Kier molecular flexibility index (Phi) is 5.90. The Balaban J connectivity index is 2.78. The van der Waals surface area contributed by atoms with Crippen LogP contribution < -0.4 is 10.6 Å². The third-order valence-electron chi connectivity index (χ3n) is 2.36. The first-order valence-corrected chi connectivity index (χ1v) is 7.47. The normalized spacial score (nSPS) is 12.2. The number of nitrogens with one attached hydrogen (secondary N) is 2. The first-order chi connectivity index (χ1) is 8.19. The molecule has 0 aromatic carbocycles. The van der Waals surface area contributed by atoms with Crippen molar-refractivity contribution in [3.63, 3.8) is 0 Å². The molecule has 0 spiro atoms. The molecule has 96 valence electrons. The van der Waals surface area contributed by atoms with E-state index in [9.17, 15) is 4.21 Å². The first-order valence-electron chi connectivity index (χ1n) is 5.74. The summed E-state index contributed by atoms with van der Waals surface area (Å²) in [5, 5.41) is 6.29. The van der Waals surface area contributed by atoms with Gasteiger partial charge in [0.1, 0.15) is 18.0 Å². The fourth-order valence-electron chi connectivity index (χ4n) is 1.58. The van der Waals surface area contributed by atoms with E-state index in [4.69, 9.17) is 0 Å². The highest BCUT2D eigenvalue weighted by molar-refractivity contribution is 7.84. The van der Waals surface area contributed by atoms with Crippen molar-refractivity contribution in [2.24, 2.45) is 0 Å². The van der Waals surface area contributed by atoms with Crippen LogP contribution in [-0.2, 0) is 17.2 Å². The molecule has 1 heterocycles. The fraction of sp³-hybridized carbons (Fsp3) is 0.636. The topological polar surface area (TPSA) is 66.9 Å².